The molecule has 1 aliphatic rings. The Hall–Kier alpha value is -2.67. The van der Waals surface area contributed by atoms with Gasteiger partial charge in [0.15, 0.2) is 5.11 Å². The number of nitrogens with one attached hydrogen (secondary N) is 3. The minimum atomic E-state index is -3.88. The predicted octanol–water partition coefficient (Wildman–Crippen LogP) is 2.56. The number of thiocarbonyl (C=S) groups is 1. The van der Waals surface area contributed by atoms with E-state index in [1.807, 2.05) is 17.7 Å². The molecule has 189 valence electrons. The zero-order valence-electron chi connectivity index (χ0n) is 20.3. The number of carbonyl (C=O) groups excluding carboxylic acids is 1. The molecule has 13 heteroatoms. The van der Waals surface area contributed by atoms with Crippen molar-refractivity contribution in [1.29, 1.82) is 0 Å². The molecule has 0 unspecified atom stereocenters. The molecule has 3 N–H and O–H groups in total. The van der Waals surface area contributed by atoms with E-state index in [4.69, 9.17) is 12.2 Å². The van der Waals surface area contributed by atoms with Crippen molar-refractivity contribution in [2.24, 2.45) is 0 Å². The number of rotatable bonds is 4. The summed E-state index contributed by atoms with van der Waals surface area (Å²) >= 11 is 5.60. The minimum absolute atomic E-state index is 0. The average molecular weight is 612 g/mol. The van der Waals surface area contributed by atoms with Gasteiger partial charge < -0.3 is 20.1 Å². The van der Waals surface area contributed by atoms with E-state index in [2.05, 4.69) is 42.2 Å². The van der Waals surface area contributed by atoms with Crippen LogP contribution in [0.15, 0.2) is 47.6 Å². The summed E-state index contributed by atoms with van der Waals surface area (Å²) < 4.78 is 26.2. The molecule has 4 aromatic rings. The number of benzene rings is 2. The van der Waals surface area contributed by atoms with Crippen LogP contribution in [0.5, 0.6) is 0 Å². The zero-order valence-corrected chi connectivity index (χ0v) is 24.7. The summed E-state index contributed by atoms with van der Waals surface area (Å²) in [5.41, 5.74) is 3.50. The summed E-state index contributed by atoms with van der Waals surface area (Å²) in [7, 11) is -3.88. The Balaban J connectivity index is 0.00000320. The third-order valence-corrected chi connectivity index (χ3v) is 7.81. The summed E-state index contributed by atoms with van der Waals surface area (Å²) in [6, 6.07) is 13.4. The molecule has 2 aromatic carbocycles. The molecule has 37 heavy (non-hydrogen) atoms. The molecule has 3 heterocycles. The van der Waals surface area contributed by atoms with Gasteiger partial charge in [0, 0.05) is 76.9 Å². The molecule has 0 atom stereocenters. The number of fused-ring (bicyclic) bond motifs is 3. The number of piperazine rings is 1. The molecule has 0 bridgehead atoms. The van der Waals surface area contributed by atoms with Gasteiger partial charge in [-0.05, 0) is 36.5 Å². The fourth-order valence-electron chi connectivity index (χ4n) is 4.29. The molecule has 2 aromatic heterocycles. The van der Waals surface area contributed by atoms with Gasteiger partial charge in [0.05, 0.1) is 4.90 Å². The number of hydrogen-bond donors (Lipinski definition) is 3. The molecule has 0 spiro atoms. The number of anilines is 2. The molecule has 1 amide bonds. The minimum Gasteiger partial charge on any atom is -0.392 e. The van der Waals surface area contributed by atoms with Crippen molar-refractivity contribution < 1.29 is 45.9 Å². The van der Waals surface area contributed by atoms with Crippen molar-refractivity contribution in [2.75, 3.05) is 36.4 Å². The first kappa shape index (κ1) is 27.4. The Morgan fingerprint density at radius 2 is 1.84 bits per heavy atom. The smallest absolute Gasteiger partial charge is 0.264 e. The first-order valence-electron chi connectivity index (χ1n) is 11.3. The van der Waals surface area contributed by atoms with E-state index in [1.165, 1.54) is 12.1 Å². The van der Waals surface area contributed by atoms with E-state index in [1.54, 1.807) is 18.5 Å². The van der Waals surface area contributed by atoms with Gasteiger partial charge >= 0.3 is 0 Å². The number of sulfonamides is 1. The van der Waals surface area contributed by atoms with Crippen molar-refractivity contribution in [3.8, 4) is 0 Å². The topological polar surface area (TPSA) is 123 Å². The van der Waals surface area contributed by atoms with Crippen molar-refractivity contribution in [3.05, 3.63) is 54.4 Å². The quantitative estimate of drug-likeness (QED) is 0.236. The molecule has 1 radical (unpaired) electrons. The molecule has 5 rings (SSSR count). The second-order valence-electron chi connectivity index (χ2n) is 8.58. The fraction of sp³-hybridized carbons (Fsp3) is 0.250. The van der Waals surface area contributed by atoms with Crippen LogP contribution in [0.2, 0.25) is 0 Å². The number of aryl methyl sites for hydroxylation is 1. The average Bonchev–Trinajstić information content (AvgIpc) is 3.21. The van der Waals surface area contributed by atoms with Crippen LogP contribution in [-0.4, -0.2) is 65.5 Å². The van der Waals surface area contributed by atoms with Crippen molar-refractivity contribution in [1.82, 2.24) is 24.6 Å². The van der Waals surface area contributed by atoms with E-state index in [-0.39, 0.29) is 37.6 Å². The van der Waals surface area contributed by atoms with Gasteiger partial charge in [-0.3, -0.25) is 4.79 Å². The summed E-state index contributed by atoms with van der Waals surface area (Å²) in [6.45, 7) is 6.02. The fourth-order valence-corrected chi connectivity index (χ4v) is 5.58. The normalized spacial score (nSPS) is 13.9. The van der Waals surface area contributed by atoms with Crippen LogP contribution in [0.25, 0.3) is 21.9 Å². The van der Waals surface area contributed by atoms with Crippen molar-refractivity contribution >= 4 is 66.7 Å². The standard InChI is InChI=1S/C24H24N7O3S2.Y/c1-15-3-8-20-19(13-15)21-22(28-20)25-14-26-23(21)30-9-11-31(12-10-30)24(35)27-17-4-6-18(7-5-17)36(33,34)29-16(2)32;/h4-8,13-14H,9-12H2,1-2H3,(H,27,35)(H,29,32)(H,25,26,28);/q-1;. The van der Waals surface area contributed by atoms with Gasteiger partial charge in [-0.15, -0.1) is 0 Å². The predicted molar refractivity (Wildman–Crippen MR) is 142 cm³/mol. The number of nitrogens with zero attached hydrogens (tertiary/aromatic N) is 4. The Kier molecular flexibility index (Phi) is 8.12. The van der Waals surface area contributed by atoms with Gasteiger partial charge in [0.25, 0.3) is 10.0 Å². The number of carbonyl (C=O) groups is 1. The van der Waals surface area contributed by atoms with E-state index in [0.29, 0.717) is 23.9 Å². The second-order valence-corrected chi connectivity index (χ2v) is 10.6. The third-order valence-electron chi connectivity index (χ3n) is 6.01. The van der Waals surface area contributed by atoms with Gasteiger partial charge in [-0.25, -0.2) is 23.1 Å². The van der Waals surface area contributed by atoms with E-state index < -0.39 is 15.9 Å². The molecule has 0 saturated carbocycles. The van der Waals surface area contributed by atoms with E-state index in [0.717, 1.165) is 53.3 Å². The van der Waals surface area contributed by atoms with Crippen LogP contribution in [0, 0.1) is 13.0 Å². The summed E-state index contributed by atoms with van der Waals surface area (Å²) in [5, 5.41) is 5.81. The van der Waals surface area contributed by atoms with Crippen molar-refractivity contribution in [3.63, 3.8) is 0 Å². The molecule has 1 saturated heterocycles. The van der Waals surface area contributed by atoms with Gasteiger partial charge in [-0.1, -0.05) is 17.8 Å². The van der Waals surface area contributed by atoms with Crippen LogP contribution in [0.3, 0.4) is 0 Å². The third kappa shape index (κ3) is 5.77. The SMILES string of the molecule is CC(=O)NS(=O)(=O)c1ccc(NC(=S)N2CCN(c3ncnc4[nH]c5c[c-]c(C)cc5c34)CC2)cc1.[Y]. The van der Waals surface area contributed by atoms with Crippen LogP contribution in [0.4, 0.5) is 11.5 Å². The molecule has 10 nitrogen and oxygen atoms in total. The number of hydrogen-bond acceptors (Lipinski definition) is 7. The molecular weight excluding hydrogens is 587 g/mol. The van der Waals surface area contributed by atoms with E-state index >= 15 is 0 Å². The summed E-state index contributed by atoms with van der Waals surface area (Å²) in [4.78, 5) is 27.8. The maximum Gasteiger partial charge on any atom is 0.264 e. The van der Waals surface area contributed by atoms with E-state index in [9.17, 15) is 13.2 Å². The number of H-pyrrole nitrogens is 1. The maximum absolute atomic E-state index is 12.1. The number of amides is 1. The monoisotopic (exact) mass is 611 g/mol. The van der Waals surface area contributed by atoms with Crippen LogP contribution in [-0.2, 0) is 47.5 Å². The van der Waals surface area contributed by atoms with Crippen LogP contribution >= 0.6 is 12.2 Å². The first-order chi connectivity index (χ1) is 17.2. The Labute approximate surface area is 245 Å². The van der Waals surface area contributed by atoms with Crippen LogP contribution in [0.1, 0.15) is 12.5 Å². The molecule has 1 aliphatic heterocycles. The second kappa shape index (κ2) is 11.0. The molecular formula is C24H24N7O3S2Y-. The number of aromatic amines is 1. The maximum atomic E-state index is 12.1. The summed E-state index contributed by atoms with van der Waals surface area (Å²) in [5.74, 6) is 0.255. The van der Waals surface area contributed by atoms with Gasteiger partial charge in [0.2, 0.25) is 5.91 Å². The summed E-state index contributed by atoms with van der Waals surface area (Å²) in [6.07, 6.45) is 1.58. The van der Waals surface area contributed by atoms with Gasteiger partial charge in [0.1, 0.15) is 17.8 Å². The largest absolute Gasteiger partial charge is 0.392 e. The molecule has 0 aliphatic carbocycles. The number of aromatic nitrogens is 3. The zero-order chi connectivity index (χ0) is 25.4. The first-order valence-corrected chi connectivity index (χ1v) is 13.2. The van der Waals surface area contributed by atoms with Crippen LogP contribution < -0.4 is 14.9 Å². The Bertz CT molecular complexity index is 1580. The van der Waals surface area contributed by atoms with Crippen molar-refractivity contribution in [2.45, 2.75) is 18.7 Å². The Morgan fingerprint density at radius 3 is 2.51 bits per heavy atom. The Morgan fingerprint density at radius 1 is 1.14 bits per heavy atom. The molecule has 1 fully saturated rings. The van der Waals surface area contributed by atoms with Gasteiger partial charge in [-0.2, -0.15) is 23.8 Å².